The molecule has 0 fully saturated rings. The minimum atomic E-state index is -3.71. The van der Waals surface area contributed by atoms with E-state index in [2.05, 4.69) is 10.6 Å². The Bertz CT molecular complexity index is 804. The molecule has 4 N–H and O–H groups in total. The Balaban J connectivity index is 1.82. The van der Waals surface area contributed by atoms with Crippen LogP contribution in [0.15, 0.2) is 53.4 Å². The average Bonchev–Trinajstić information content (AvgIpc) is 2.58. The van der Waals surface area contributed by atoms with E-state index in [4.69, 9.17) is 9.88 Å². The molecule has 0 aliphatic heterocycles. The van der Waals surface area contributed by atoms with E-state index in [9.17, 15) is 13.2 Å². The first-order valence-electron chi connectivity index (χ1n) is 7.15. The number of nitrogens with two attached hydrogens (primary N) is 1. The van der Waals surface area contributed by atoms with Crippen LogP contribution < -0.4 is 20.5 Å². The van der Waals surface area contributed by atoms with Gasteiger partial charge in [0.15, 0.2) is 0 Å². The Morgan fingerprint density at radius 2 is 1.88 bits per heavy atom. The van der Waals surface area contributed by atoms with Gasteiger partial charge in [0.05, 0.1) is 18.6 Å². The van der Waals surface area contributed by atoms with E-state index in [0.29, 0.717) is 12.2 Å². The lowest BCUT2D eigenvalue weighted by Crippen LogP contribution is -2.29. The quantitative estimate of drug-likeness (QED) is 0.692. The fourth-order valence-corrected chi connectivity index (χ4v) is 2.51. The normalized spacial score (nSPS) is 10.9. The van der Waals surface area contributed by atoms with E-state index >= 15 is 0 Å². The first-order valence-corrected chi connectivity index (χ1v) is 8.69. The van der Waals surface area contributed by atoms with Crippen LogP contribution in [0, 0.1) is 0 Å². The lowest BCUT2D eigenvalue weighted by Gasteiger charge is -2.09. The molecule has 128 valence electrons. The molecule has 0 heterocycles. The van der Waals surface area contributed by atoms with Gasteiger partial charge in [-0.2, -0.15) is 0 Å². The Hall–Kier alpha value is -2.58. The third-order valence-corrected chi connectivity index (χ3v) is 4.19. The standard InChI is InChI=1S/C16H19N3O4S/c1-23-14-4-2-3-12(9-14)10-19-16(20)11-18-13-5-7-15(8-6-13)24(17,21)22/h2-9,18H,10-11H2,1H3,(H,19,20)(H2,17,21,22). The molecule has 8 heteroatoms. The van der Waals surface area contributed by atoms with E-state index in [0.717, 1.165) is 11.3 Å². The number of methoxy groups -OCH3 is 1. The van der Waals surface area contributed by atoms with Crippen molar-refractivity contribution in [1.29, 1.82) is 0 Å². The molecule has 0 aromatic heterocycles. The van der Waals surface area contributed by atoms with Gasteiger partial charge in [-0.1, -0.05) is 12.1 Å². The van der Waals surface area contributed by atoms with Crippen LogP contribution in [-0.4, -0.2) is 28.0 Å². The number of sulfonamides is 1. The maximum absolute atomic E-state index is 11.8. The predicted octanol–water partition coefficient (Wildman–Crippen LogP) is 1.07. The molecule has 0 bridgehead atoms. The molecule has 2 aromatic carbocycles. The summed E-state index contributed by atoms with van der Waals surface area (Å²) in [6.45, 7) is 0.459. The van der Waals surface area contributed by atoms with Crippen LogP contribution in [-0.2, 0) is 21.4 Å². The van der Waals surface area contributed by atoms with Crippen molar-refractivity contribution in [3.05, 3.63) is 54.1 Å². The van der Waals surface area contributed by atoms with Gasteiger partial charge in [0, 0.05) is 12.2 Å². The Morgan fingerprint density at radius 3 is 2.50 bits per heavy atom. The minimum Gasteiger partial charge on any atom is -0.497 e. The van der Waals surface area contributed by atoms with Crippen LogP contribution in [0.25, 0.3) is 0 Å². The molecule has 7 nitrogen and oxygen atoms in total. The summed E-state index contributed by atoms with van der Waals surface area (Å²) >= 11 is 0. The zero-order valence-corrected chi connectivity index (χ0v) is 14.0. The summed E-state index contributed by atoms with van der Waals surface area (Å²) in [7, 11) is -2.13. The van der Waals surface area contributed by atoms with Gasteiger partial charge in [-0.05, 0) is 42.0 Å². The highest BCUT2D eigenvalue weighted by Crippen LogP contribution is 2.13. The molecule has 0 atom stereocenters. The minimum absolute atomic E-state index is 0.0236. The molecular weight excluding hydrogens is 330 g/mol. The van der Waals surface area contributed by atoms with Crippen molar-refractivity contribution in [2.45, 2.75) is 11.4 Å². The fourth-order valence-electron chi connectivity index (χ4n) is 1.99. The first kappa shape index (κ1) is 17.8. The van der Waals surface area contributed by atoms with Crippen LogP contribution in [0.1, 0.15) is 5.56 Å². The monoisotopic (exact) mass is 349 g/mol. The Labute approximate surface area is 140 Å². The third kappa shape index (κ3) is 5.25. The second-order valence-corrected chi connectivity index (χ2v) is 6.61. The van der Waals surface area contributed by atoms with E-state index in [1.165, 1.54) is 12.1 Å². The molecule has 0 radical (unpaired) electrons. The molecule has 0 saturated carbocycles. The number of hydrogen-bond donors (Lipinski definition) is 3. The summed E-state index contributed by atoms with van der Waals surface area (Å²) in [5.41, 5.74) is 1.55. The molecule has 0 aliphatic carbocycles. The van der Waals surface area contributed by atoms with Crippen molar-refractivity contribution < 1.29 is 17.9 Å². The van der Waals surface area contributed by atoms with Gasteiger partial charge in [0.1, 0.15) is 5.75 Å². The van der Waals surface area contributed by atoms with Crippen LogP contribution in [0.2, 0.25) is 0 Å². The van der Waals surface area contributed by atoms with Crippen molar-refractivity contribution in [3.63, 3.8) is 0 Å². The second-order valence-electron chi connectivity index (χ2n) is 5.05. The average molecular weight is 349 g/mol. The van der Waals surface area contributed by atoms with E-state index in [1.54, 1.807) is 19.2 Å². The topological polar surface area (TPSA) is 111 Å². The second kappa shape index (κ2) is 7.80. The molecule has 0 aliphatic rings. The summed E-state index contributed by atoms with van der Waals surface area (Å²) in [6.07, 6.45) is 0. The number of carbonyl (C=O) groups is 1. The van der Waals surface area contributed by atoms with Crippen molar-refractivity contribution in [1.82, 2.24) is 5.32 Å². The molecule has 2 aromatic rings. The van der Waals surface area contributed by atoms with Gasteiger partial charge >= 0.3 is 0 Å². The maximum Gasteiger partial charge on any atom is 0.239 e. The number of benzene rings is 2. The van der Waals surface area contributed by atoms with Crippen molar-refractivity contribution in [3.8, 4) is 5.75 Å². The van der Waals surface area contributed by atoms with Gasteiger partial charge in [-0.15, -0.1) is 0 Å². The smallest absolute Gasteiger partial charge is 0.239 e. The van der Waals surface area contributed by atoms with Gasteiger partial charge in [-0.3, -0.25) is 4.79 Å². The molecular formula is C16H19N3O4S. The van der Waals surface area contributed by atoms with Gasteiger partial charge in [0.2, 0.25) is 15.9 Å². The Morgan fingerprint density at radius 1 is 1.17 bits per heavy atom. The maximum atomic E-state index is 11.8. The van der Waals surface area contributed by atoms with Crippen LogP contribution in [0.4, 0.5) is 5.69 Å². The van der Waals surface area contributed by atoms with Crippen LogP contribution in [0.3, 0.4) is 0 Å². The molecule has 0 unspecified atom stereocenters. The number of carbonyl (C=O) groups excluding carboxylic acids is 1. The molecule has 0 saturated heterocycles. The van der Waals surface area contributed by atoms with Crippen LogP contribution >= 0.6 is 0 Å². The number of rotatable bonds is 7. The SMILES string of the molecule is COc1cccc(CNC(=O)CNc2ccc(S(N)(=O)=O)cc2)c1. The summed E-state index contributed by atoms with van der Waals surface area (Å²) < 4.78 is 27.4. The summed E-state index contributed by atoms with van der Waals surface area (Å²) in [5.74, 6) is 0.545. The number of nitrogens with one attached hydrogen (secondary N) is 2. The highest BCUT2D eigenvalue weighted by atomic mass is 32.2. The molecule has 2 rings (SSSR count). The highest BCUT2D eigenvalue weighted by Gasteiger charge is 2.07. The lowest BCUT2D eigenvalue weighted by molar-refractivity contribution is -0.119. The van der Waals surface area contributed by atoms with Crippen molar-refractivity contribution in [2.24, 2.45) is 5.14 Å². The number of amides is 1. The van der Waals surface area contributed by atoms with E-state index in [-0.39, 0.29) is 17.3 Å². The van der Waals surface area contributed by atoms with Crippen molar-refractivity contribution in [2.75, 3.05) is 19.0 Å². The van der Waals surface area contributed by atoms with Gasteiger partial charge in [0.25, 0.3) is 0 Å². The number of primary sulfonamides is 1. The molecule has 0 spiro atoms. The summed E-state index contributed by atoms with van der Waals surface area (Å²) in [4.78, 5) is 11.9. The fraction of sp³-hybridized carbons (Fsp3) is 0.188. The summed E-state index contributed by atoms with van der Waals surface area (Å²) in [5, 5.41) is 10.7. The first-order chi connectivity index (χ1) is 11.4. The number of ether oxygens (including phenoxy) is 1. The van der Waals surface area contributed by atoms with Gasteiger partial charge < -0.3 is 15.4 Å². The lowest BCUT2D eigenvalue weighted by atomic mass is 10.2. The largest absolute Gasteiger partial charge is 0.497 e. The van der Waals surface area contributed by atoms with Gasteiger partial charge in [-0.25, -0.2) is 13.6 Å². The van der Waals surface area contributed by atoms with E-state index in [1.807, 2.05) is 24.3 Å². The third-order valence-electron chi connectivity index (χ3n) is 3.26. The van der Waals surface area contributed by atoms with Crippen molar-refractivity contribution >= 4 is 21.6 Å². The highest BCUT2D eigenvalue weighted by molar-refractivity contribution is 7.89. The predicted molar refractivity (Wildman–Crippen MR) is 91.1 cm³/mol. The summed E-state index contributed by atoms with van der Waals surface area (Å²) in [6, 6.07) is 13.3. The van der Waals surface area contributed by atoms with E-state index < -0.39 is 10.0 Å². The Kier molecular flexibility index (Phi) is 5.78. The zero-order chi connectivity index (χ0) is 17.6. The molecule has 1 amide bonds. The molecule has 24 heavy (non-hydrogen) atoms. The van der Waals surface area contributed by atoms with Crippen LogP contribution in [0.5, 0.6) is 5.75 Å². The zero-order valence-electron chi connectivity index (χ0n) is 13.2. The number of hydrogen-bond acceptors (Lipinski definition) is 5. The number of anilines is 1.